The predicted molar refractivity (Wildman–Crippen MR) is 123 cm³/mol. The van der Waals surface area contributed by atoms with Crippen LogP contribution >= 0.6 is 0 Å². The van der Waals surface area contributed by atoms with Crippen molar-refractivity contribution in [2.45, 2.75) is 32.4 Å². The monoisotopic (exact) mass is 473 g/mol. The molecule has 1 aromatic carbocycles. The van der Waals surface area contributed by atoms with Gasteiger partial charge in [0.2, 0.25) is 5.91 Å². The Morgan fingerprint density at radius 2 is 2.00 bits per heavy atom. The van der Waals surface area contributed by atoms with Crippen LogP contribution in [0, 0.1) is 5.82 Å². The molecule has 2 atom stereocenters. The lowest BCUT2D eigenvalue weighted by Gasteiger charge is -2.41. The molecule has 0 bridgehead atoms. The molecule has 0 spiro atoms. The molecular formula is C24H26F3N5O2. The zero-order valence-electron chi connectivity index (χ0n) is 18.9. The Bertz CT molecular complexity index is 1190. The van der Waals surface area contributed by atoms with E-state index >= 15 is 0 Å². The summed E-state index contributed by atoms with van der Waals surface area (Å²) >= 11 is 0. The number of rotatable bonds is 6. The number of alkyl halides is 2. The maximum Gasteiger partial charge on any atom is 0.266 e. The molecule has 0 radical (unpaired) electrons. The second-order valence-corrected chi connectivity index (χ2v) is 8.33. The number of aliphatic hydroxyl groups is 1. The molecule has 2 N–H and O–H groups in total. The van der Waals surface area contributed by atoms with Crippen LogP contribution in [-0.4, -0.2) is 58.2 Å². The number of hydrogen-bond donors (Lipinski definition) is 2. The number of halogens is 3. The average molecular weight is 473 g/mol. The summed E-state index contributed by atoms with van der Waals surface area (Å²) in [6.07, 6.45) is 0.308. The van der Waals surface area contributed by atoms with Crippen LogP contribution in [0.3, 0.4) is 0 Å². The van der Waals surface area contributed by atoms with Gasteiger partial charge < -0.3 is 20.2 Å². The van der Waals surface area contributed by atoms with E-state index in [2.05, 4.69) is 15.3 Å². The number of benzene rings is 1. The molecule has 7 nitrogen and oxygen atoms in total. The summed E-state index contributed by atoms with van der Waals surface area (Å²) in [6.45, 7) is 4.47. The lowest BCUT2D eigenvalue weighted by molar-refractivity contribution is -0.129. The third-order valence-corrected chi connectivity index (χ3v) is 6.18. The first-order valence-corrected chi connectivity index (χ1v) is 11.0. The Morgan fingerprint density at radius 1 is 1.24 bits per heavy atom. The second-order valence-electron chi connectivity index (χ2n) is 8.33. The topological polar surface area (TPSA) is 81.6 Å². The molecule has 34 heavy (non-hydrogen) atoms. The Kier molecular flexibility index (Phi) is 6.87. The average Bonchev–Trinajstić information content (AvgIpc) is 2.83. The minimum absolute atomic E-state index is 0.0441. The van der Waals surface area contributed by atoms with Gasteiger partial charge in [0.1, 0.15) is 11.6 Å². The van der Waals surface area contributed by atoms with Crippen molar-refractivity contribution in [3.05, 3.63) is 59.7 Å². The summed E-state index contributed by atoms with van der Waals surface area (Å²) < 4.78 is 40.9. The fourth-order valence-electron chi connectivity index (χ4n) is 4.30. The number of anilines is 2. The van der Waals surface area contributed by atoms with Gasteiger partial charge in [0.25, 0.3) is 6.43 Å². The highest BCUT2D eigenvalue weighted by molar-refractivity contribution is 5.92. The quantitative estimate of drug-likeness (QED) is 0.565. The number of amides is 1. The van der Waals surface area contributed by atoms with Gasteiger partial charge in [-0.1, -0.05) is 18.2 Å². The number of aliphatic hydroxyl groups excluding tert-OH is 1. The van der Waals surface area contributed by atoms with Gasteiger partial charge in [-0.25, -0.2) is 18.2 Å². The number of nitrogens with one attached hydrogen (secondary N) is 1. The van der Waals surface area contributed by atoms with Crippen molar-refractivity contribution < 1.29 is 23.1 Å². The van der Waals surface area contributed by atoms with E-state index < -0.39 is 23.8 Å². The van der Waals surface area contributed by atoms with Crippen molar-refractivity contribution in [1.82, 2.24) is 14.9 Å². The first-order chi connectivity index (χ1) is 16.3. The first-order valence-electron chi connectivity index (χ1n) is 11.0. The highest BCUT2D eigenvalue weighted by atomic mass is 19.3. The van der Waals surface area contributed by atoms with Gasteiger partial charge in [-0.3, -0.25) is 9.78 Å². The van der Waals surface area contributed by atoms with Crippen molar-refractivity contribution in [2.24, 2.45) is 0 Å². The minimum Gasteiger partial charge on any atom is -0.394 e. The molecule has 1 aliphatic heterocycles. The maximum absolute atomic E-state index is 14.7. The Balaban J connectivity index is 1.65. The normalized spacial score (nSPS) is 17.3. The highest BCUT2D eigenvalue weighted by Gasteiger charge is 2.29. The van der Waals surface area contributed by atoms with Gasteiger partial charge in [-0.15, -0.1) is 0 Å². The third-order valence-electron chi connectivity index (χ3n) is 6.18. The van der Waals surface area contributed by atoms with E-state index in [1.165, 1.54) is 19.1 Å². The van der Waals surface area contributed by atoms with Gasteiger partial charge in [-0.05, 0) is 19.1 Å². The molecule has 4 rings (SSSR count). The molecule has 180 valence electrons. The van der Waals surface area contributed by atoms with Crippen LogP contribution in [0.1, 0.15) is 37.4 Å². The van der Waals surface area contributed by atoms with Crippen molar-refractivity contribution in [3.8, 4) is 0 Å². The van der Waals surface area contributed by atoms with Crippen molar-refractivity contribution in [3.63, 3.8) is 0 Å². The van der Waals surface area contributed by atoms with Gasteiger partial charge in [-0.2, -0.15) is 0 Å². The van der Waals surface area contributed by atoms with Gasteiger partial charge >= 0.3 is 0 Å². The molecule has 1 aliphatic rings. The van der Waals surface area contributed by atoms with Crippen LogP contribution in [0.25, 0.3) is 10.9 Å². The molecule has 3 heterocycles. The molecule has 3 aromatic rings. The van der Waals surface area contributed by atoms with Crippen LogP contribution in [0.4, 0.5) is 24.7 Å². The Labute approximate surface area is 195 Å². The molecule has 0 saturated carbocycles. The number of piperazine rings is 1. The third kappa shape index (κ3) is 4.63. The molecule has 10 heteroatoms. The second kappa shape index (κ2) is 9.84. The Hall–Kier alpha value is -3.40. The molecule has 0 unspecified atom stereocenters. The van der Waals surface area contributed by atoms with E-state index in [0.29, 0.717) is 36.7 Å². The summed E-state index contributed by atoms with van der Waals surface area (Å²) in [5.74, 6) is -0.353. The molecule has 0 aliphatic carbocycles. The Morgan fingerprint density at radius 3 is 2.71 bits per heavy atom. The number of pyridine rings is 2. The summed E-state index contributed by atoms with van der Waals surface area (Å²) in [5, 5.41) is 13.8. The number of carbonyl (C=O) groups excluding carboxylic acids is 1. The van der Waals surface area contributed by atoms with Gasteiger partial charge in [0.05, 0.1) is 36.0 Å². The minimum atomic E-state index is -2.90. The summed E-state index contributed by atoms with van der Waals surface area (Å²) in [7, 11) is 0. The number of nitrogens with zero attached hydrogens (tertiary/aromatic N) is 4. The van der Waals surface area contributed by atoms with Crippen LogP contribution < -0.4 is 10.2 Å². The van der Waals surface area contributed by atoms with Crippen LogP contribution in [0.5, 0.6) is 0 Å². The molecule has 2 aromatic heterocycles. The summed E-state index contributed by atoms with van der Waals surface area (Å²) in [4.78, 5) is 24.2. The lowest BCUT2D eigenvalue weighted by atomic mass is 10.0. The van der Waals surface area contributed by atoms with E-state index in [0.717, 1.165) is 11.5 Å². The van der Waals surface area contributed by atoms with E-state index in [4.69, 9.17) is 0 Å². The standard InChI is InChI=1S/C24H26F3N5O2/c1-14(17-4-3-5-18(23(17)25)24(26)27)30-20-6-7-28-21-11-29-22(10-19(20)21)32-9-8-31(15(2)34)12-16(32)13-33/h3-7,10-11,14,16,24,33H,8-9,12-13H2,1-2H3,(H,28,30)/t14-,16-/m1/s1. The smallest absolute Gasteiger partial charge is 0.266 e. The van der Waals surface area contributed by atoms with Crippen molar-refractivity contribution in [2.75, 3.05) is 36.5 Å². The van der Waals surface area contributed by atoms with E-state index in [-0.39, 0.29) is 24.1 Å². The fourth-order valence-corrected chi connectivity index (χ4v) is 4.30. The van der Waals surface area contributed by atoms with E-state index in [9.17, 15) is 23.1 Å². The molecule has 1 saturated heterocycles. The number of carbonyl (C=O) groups is 1. The number of hydrogen-bond acceptors (Lipinski definition) is 6. The summed E-state index contributed by atoms with van der Waals surface area (Å²) in [6, 6.07) is 6.64. The number of fused-ring (bicyclic) bond motifs is 1. The highest BCUT2D eigenvalue weighted by Crippen LogP contribution is 2.32. The van der Waals surface area contributed by atoms with E-state index in [1.54, 1.807) is 30.3 Å². The molecular weight excluding hydrogens is 447 g/mol. The largest absolute Gasteiger partial charge is 0.394 e. The molecule has 1 amide bonds. The predicted octanol–water partition coefficient (Wildman–Crippen LogP) is 3.91. The van der Waals surface area contributed by atoms with Gasteiger partial charge in [0, 0.05) is 49.4 Å². The maximum atomic E-state index is 14.7. The number of aromatic nitrogens is 2. The lowest BCUT2D eigenvalue weighted by Crippen LogP contribution is -2.56. The van der Waals surface area contributed by atoms with Crippen LogP contribution in [0.15, 0.2) is 42.7 Å². The zero-order chi connectivity index (χ0) is 24.4. The van der Waals surface area contributed by atoms with Crippen LogP contribution in [0.2, 0.25) is 0 Å². The van der Waals surface area contributed by atoms with Crippen molar-refractivity contribution in [1.29, 1.82) is 0 Å². The van der Waals surface area contributed by atoms with E-state index in [1.807, 2.05) is 11.0 Å². The zero-order valence-corrected chi connectivity index (χ0v) is 18.9. The van der Waals surface area contributed by atoms with Crippen molar-refractivity contribution >= 4 is 28.3 Å². The first kappa shape index (κ1) is 23.7. The van der Waals surface area contributed by atoms with Crippen LogP contribution in [-0.2, 0) is 4.79 Å². The SMILES string of the molecule is CC(=O)N1CCN(c2cc3c(N[C@H](C)c4cccc(C(F)F)c4F)ccnc3cn2)[C@@H](CO)C1. The summed E-state index contributed by atoms with van der Waals surface area (Å²) in [5.41, 5.74) is 0.756. The fraction of sp³-hybridized carbons (Fsp3) is 0.375. The molecule has 1 fully saturated rings. The van der Waals surface area contributed by atoms with Gasteiger partial charge in [0.15, 0.2) is 0 Å².